The number of nitrogen functional groups attached to an aromatic ring is 1. The van der Waals surface area contributed by atoms with Crippen molar-refractivity contribution < 1.29 is 0 Å². The van der Waals surface area contributed by atoms with Crippen molar-refractivity contribution in [1.29, 1.82) is 0 Å². The molecule has 0 amide bonds. The van der Waals surface area contributed by atoms with Crippen LogP contribution in [0.25, 0.3) is 10.9 Å². The SMILES string of the molecule is Cc1cc(Br)c2ncc(N)c(Cl)c2c1. The number of nitrogens with two attached hydrogens (primary N) is 1. The zero-order chi connectivity index (χ0) is 10.3. The molecule has 0 saturated heterocycles. The Bertz CT molecular complexity index is 511. The molecule has 14 heavy (non-hydrogen) atoms. The van der Waals surface area contributed by atoms with E-state index in [1.54, 1.807) is 6.20 Å². The quantitative estimate of drug-likeness (QED) is 0.796. The minimum atomic E-state index is 0.511. The number of aryl methyl sites for hydroxylation is 1. The average Bonchev–Trinajstić information content (AvgIpc) is 2.12. The number of halogens is 2. The molecule has 1 aromatic heterocycles. The van der Waals surface area contributed by atoms with Gasteiger partial charge < -0.3 is 5.73 Å². The lowest BCUT2D eigenvalue weighted by molar-refractivity contribution is 1.38. The third kappa shape index (κ3) is 1.47. The van der Waals surface area contributed by atoms with Gasteiger partial charge in [0, 0.05) is 9.86 Å². The van der Waals surface area contributed by atoms with E-state index in [0.717, 1.165) is 20.9 Å². The summed E-state index contributed by atoms with van der Waals surface area (Å²) >= 11 is 9.53. The second-order valence-electron chi connectivity index (χ2n) is 3.17. The molecule has 0 aliphatic carbocycles. The highest BCUT2D eigenvalue weighted by atomic mass is 79.9. The van der Waals surface area contributed by atoms with Gasteiger partial charge in [0.1, 0.15) is 0 Å². The van der Waals surface area contributed by atoms with Gasteiger partial charge in [0.05, 0.1) is 22.4 Å². The van der Waals surface area contributed by atoms with Crippen molar-refractivity contribution in [3.05, 3.63) is 33.4 Å². The van der Waals surface area contributed by atoms with E-state index in [-0.39, 0.29) is 0 Å². The minimum absolute atomic E-state index is 0.511. The van der Waals surface area contributed by atoms with Crippen molar-refractivity contribution in [3.8, 4) is 0 Å². The van der Waals surface area contributed by atoms with E-state index in [9.17, 15) is 0 Å². The van der Waals surface area contributed by atoms with Gasteiger partial charge in [-0.2, -0.15) is 0 Å². The molecule has 1 aromatic carbocycles. The number of nitrogens with zero attached hydrogens (tertiary/aromatic N) is 1. The lowest BCUT2D eigenvalue weighted by atomic mass is 10.1. The highest BCUT2D eigenvalue weighted by Gasteiger charge is 2.07. The predicted octanol–water partition coefficient (Wildman–Crippen LogP) is 3.54. The highest BCUT2D eigenvalue weighted by molar-refractivity contribution is 9.10. The zero-order valence-corrected chi connectivity index (χ0v) is 9.85. The fourth-order valence-corrected chi connectivity index (χ4v) is 2.25. The van der Waals surface area contributed by atoms with Crippen molar-refractivity contribution in [2.24, 2.45) is 0 Å². The molecule has 0 bridgehead atoms. The second kappa shape index (κ2) is 3.41. The molecule has 0 spiro atoms. The Balaban J connectivity index is 2.95. The summed E-state index contributed by atoms with van der Waals surface area (Å²) < 4.78 is 0.939. The minimum Gasteiger partial charge on any atom is -0.396 e. The number of hydrogen-bond acceptors (Lipinski definition) is 2. The van der Waals surface area contributed by atoms with Crippen LogP contribution >= 0.6 is 27.5 Å². The van der Waals surface area contributed by atoms with Crippen LogP contribution in [0.1, 0.15) is 5.56 Å². The van der Waals surface area contributed by atoms with Gasteiger partial charge in [-0.05, 0) is 40.5 Å². The van der Waals surface area contributed by atoms with Gasteiger partial charge in [0.15, 0.2) is 0 Å². The van der Waals surface area contributed by atoms with Crippen LogP contribution in [0.2, 0.25) is 5.02 Å². The Morgan fingerprint density at radius 3 is 2.86 bits per heavy atom. The number of benzene rings is 1. The summed E-state index contributed by atoms with van der Waals surface area (Å²) in [7, 11) is 0. The topological polar surface area (TPSA) is 38.9 Å². The van der Waals surface area contributed by atoms with E-state index < -0.39 is 0 Å². The lowest BCUT2D eigenvalue weighted by Gasteiger charge is -2.05. The Hall–Kier alpha value is -0.800. The first-order valence-corrected chi connectivity index (χ1v) is 5.26. The van der Waals surface area contributed by atoms with E-state index in [1.165, 1.54) is 0 Å². The first-order valence-electron chi connectivity index (χ1n) is 4.09. The Morgan fingerprint density at radius 1 is 1.43 bits per heavy atom. The van der Waals surface area contributed by atoms with E-state index in [2.05, 4.69) is 20.9 Å². The zero-order valence-electron chi connectivity index (χ0n) is 7.51. The molecule has 0 aliphatic heterocycles. The van der Waals surface area contributed by atoms with Gasteiger partial charge in [-0.15, -0.1) is 0 Å². The Kier molecular flexibility index (Phi) is 2.37. The molecule has 0 unspecified atom stereocenters. The first kappa shape index (κ1) is 9.74. The summed E-state index contributed by atoms with van der Waals surface area (Å²) in [5.74, 6) is 0. The van der Waals surface area contributed by atoms with E-state index >= 15 is 0 Å². The van der Waals surface area contributed by atoms with Gasteiger partial charge in [-0.25, -0.2) is 0 Å². The van der Waals surface area contributed by atoms with Crippen LogP contribution in [0.15, 0.2) is 22.8 Å². The first-order chi connectivity index (χ1) is 6.59. The van der Waals surface area contributed by atoms with Crippen molar-refractivity contribution in [1.82, 2.24) is 4.98 Å². The molecule has 0 atom stereocenters. The maximum Gasteiger partial charge on any atom is 0.0860 e. The van der Waals surface area contributed by atoms with Gasteiger partial charge >= 0.3 is 0 Å². The molecule has 0 aliphatic rings. The van der Waals surface area contributed by atoms with Crippen LogP contribution in [0, 0.1) is 6.92 Å². The predicted molar refractivity (Wildman–Crippen MR) is 63.6 cm³/mol. The number of rotatable bonds is 0. The molecule has 4 heteroatoms. The molecule has 0 saturated carbocycles. The van der Waals surface area contributed by atoms with Gasteiger partial charge in [0.25, 0.3) is 0 Å². The summed E-state index contributed by atoms with van der Waals surface area (Å²) in [6.45, 7) is 2.00. The van der Waals surface area contributed by atoms with E-state index in [0.29, 0.717) is 10.7 Å². The Morgan fingerprint density at radius 2 is 2.14 bits per heavy atom. The number of aromatic nitrogens is 1. The van der Waals surface area contributed by atoms with Crippen LogP contribution in [-0.4, -0.2) is 4.98 Å². The van der Waals surface area contributed by atoms with Crippen LogP contribution in [0.3, 0.4) is 0 Å². The molecule has 2 nitrogen and oxygen atoms in total. The fraction of sp³-hybridized carbons (Fsp3) is 0.100. The third-order valence-electron chi connectivity index (χ3n) is 2.03. The summed E-state index contributed by atoms with van der Waals surface area (Å²) in [4.78, 5) is 4.23. The lowest BCUT2D eigenvalue weighted by Crippen LogP contribution is -1.91. The fourth-order valence-electron chi connectivity index (χ4n) is 1.38. The summed E-state index contributed by atoms with van der Waals surface area (Å²) in [6.07, 6.45) is 1.57. The van der Waals surface area contributed by atoms with Crippen molar-refractivity contribution in [3.63, 3.8) is 0 Å². The summed E-state index contributed by atoms with van der Waals surface area (Å²) in [6, 6.07) is 3.98. The largest absolute Gasteiger partial charge is 0.396 e. The number of hydrogen-bond donors (Lipinski definition) is 1. The van der Waals surface area contributed by atoms with Gasteiger partial charge in [0.2, 0.25) is 0 Å². The molecule has 1 heterocycles. The Labute approximate surface area is 95.2 Å². The molecule has 0 fully saturated rings. The molecule has 2 aromatic rings. The van der Waals surface area contributed by atoms with Gasteiger partial charge in [-0.3, -0.25) is 4.98 Å². The molecular weight excluding hydrogens is 263 g/mol. The molecule has 0 radical (unpaired) electrons. The summed E-state index contributed by atoms with van der Waals surface area (Å²) in [5, 5.41) is 1.46. The molecule has 72 valence electrons. The smallest absolute Gasteiger partial charge is 0.0860 e. The highest BCUT2D eigenvalue weighted by Crippen LogP contribution is 2.32. The standard InChI is InChI=1S/C10H8BrClN2/c1-5-2-6-9(12)8(13)4-14-10(6)7(11)3-5/h2-4H,13H2,1H3. The van der Waals surface area contributed by atoms with Crippen LogP contribution in [0.5, 0.6) is 0 Å². The maximum atomic E-state index is 6.08. The van der Waals surface area contributed by atoms with Crippen LogP contribution in [-0.2, 0) is 0 Å². The van der Waals surface area contributed by atoms with Crippen LogP contribution < -0.4 is 5.73 Å². The molecular formula is C10H8BrClN2. The van der Waals surface area contributed by atoms with E-state index in [1.807, 2.05) is 19.1 Å². The van der Waals surface area contributed by atoms with E-state index in [4.69, 9.17) is 17.3 Å². The van der Waals surface area contributed by atoms with Crippen molar-refractivity contribution in [2.75, 3.05) is 5.73 Å². The third-order valence-corrected chi connectivity index (χ3v) is 3.06. The number of fused-ring (bicyclic) bond motifs is 1. The normalized spacial score (nSPS) is 10.8. The number of pyridine rings is 1. The van der Waals surface area contributed by atoms with Crippen LogP contribution in [0.4, 0.5) is 5.69 Å². The average molecular weight is 272 g/mol. The van der Waals surface area contributed by atoms with Crippen molar-refractivity contribution in [2.45, 2.75) is 6.92 Å². The van der Waals surface area contributed by atoms with Gasteiger partial charge in [-0.1, -0.05) is 11.6 Å². The number of anilines is 1. The summed E-state index contributed by atoms with van der Waals surface area (Å²) in [5.41, 5.74) is 8.15. The maximum absolute atomic E-state index is 6.08. The monoisotopic (exact) mass is 270 g/mol. The molecule has 2 N–H and O–H groups in total. The molecule has 2 rings (SSSR count). The second-order valence-corrected chi connectivity index (χ2v) is 4.40. The van der Waals surface area contributed by atoms with Crippen molar-refractivity contribution >= 4 is 44.1 Å².